The van der Waals surface area contributed by atoms with E-state index in [4.69, 9.17) is 10.7 Å². The third kappa shape index (κ3) is 2.21. The van der Waals surface area contributed by atoms with E-state index in [0.29, 0.717) is 5.92 Å². The fraction of sp³-hybridized carbons (Fsp3) is 0.600. The Hall–Kier alpha value is -1.78. The van der Waals surface area contributed by atoms with Crippen molar-refractivity contribution in [1.29, 1.82) is 0 Å². The quantitative estimate of drug-likeness (QED) is 0.931. The number of aromatic nitrogens is 4. The van der Waals surface area contributed by atoms with E-state index < -0.39 is 0 Å². The van der Waals surface area contributed by atoms with Crippen molar-refractivity contribution in [2.24, 2.45) is 7.05 Å². The number of aryl methyl sites for hydroxylation is 1. The highest BCUT2D eigenvalue weighted by Crippen LogP contribution is 2.37. The van der Waals surface area contributed by atoms with Gasteiger partial charge < -0.3 is 10.3 Å². The Labute approximate surface area is 119 Å². The number of hydrogen-bond acceptors (Lipinski definition) is 3. The lowest BCUT2D eigenvalue weighted by molar-refractivity contribution is 0.579. The van der Waals surface area contributed by atoms with Crippen LogP contribution in [0.2, 0.25) is 0 Å². The van der Waals surface area contributed by atoms with Gasteiger partial charge in [0.1, 0.15) is 17.3 Å². The van der Waals surface area contributed by atoms with Gasteiger partial charge in [-0.2, -0.15) is 5.10 Å². The number of rotatable bonds is 4. The Kier molecular flexibility index (Phi) is 3.51. The second-order valence-electron chi connectivity index (χ2n) is 5.74. The molecule has 5 nitrogen and oxygen atoms in total. The summed E-state index contributed by atoms with van der Waals surface area (Å²) in [7, 11) is 1.92. The summed E-state index contributed by atoms with van der Waals surface area (Å²) in [6.45, 7) is 3.13. The van der Waals surface area contributed by atoms with Gasteiger partial charge in [0.25, 0.3) is 0 Å². The van der Waals surface area contributed by atoms with E-state index in [2.05, 4.69) is 16.6 Å². The summed E-state index contributed by atoms with van der Waals surface area (Å²) in [6, 6.07) is 0. The second-order valence-corrected chi connectivity index (χ2v) is 5.74. The lowest BCUT2D eigenvalue weighted by Gasteiger charge is -2.12. The molecule has 2 N–H and O–H groups in total. The number of nitrogens with zero attached hydrogens (tertiary/aromatic N) is 4. The summed E-state index contributed by atoms with van der Waals surface area (Å²) >= 11 is 0. The molecule has 0 aliphatic heterocycles. The predicted molar refractivity (Wildman–Crippen MR) is 80.3 cm³/mol. The molecule has 0 bridgehead atoms. The normalized spacial score (nSPS) is 16.1. The van der Waals surface area contributed by atoms with Crippen molar-refractivity contribution in [3.05, 3.63) is 18.2 Å². The Morgan fingerprint density at radius 3 is 2.70 bits per heavy atom. The highest BCUT2D eigenvalue weighted by atomic mass is 15.2. The molecule has 0 amide bonds. The van der Waals surface area contributed by atoms with Crippen LogP contribution in [0.25, 0.3) is 11.3 Å². The van der Waals surface area contributed by atoms with Gasteiger partial charge in [0, 0.05) is 31.3 Å². The number of nitrogens with two attached hydrogens (primary N) is 1. The summed E-state index contributed by atoms with van der Waals surface area (Å²) < 4.78 is 4.02. The molecule has 2 aromatic rings. The fourth-order valence-electron chi connectivity index (χ4n) is 3.19. The standard InChI is InChI=1S/C15H23N5/c1-3-8-20-14(16)13(12-9-17-19(2)10-12)18-15(20)11-6-4-5-7-11/h9-11H,3-8,16H2,1-2H3. The van der Waals surface area contributed by atoms with E-state index in [1.54, 1.807) is 4.68 Å². The van der Waals surface area contributed by atoms with E-state index in [1.165, 1.54) is 31.5 Å². The molecule has 0 unspecified atom stereocenters. The number of imidazole rings is 1. The van der Waals surface area contributed by atoms with Crippen LogP contribution in [0.5, 0.6) is 0 Å². The third-order valence-electron chi connectivity index (χ3n) is 4.18. The van der Waals surface area contributed by atoms with Crippen LogP contribution in [0.3, 0.4) is 0 Å². The first kappa shape index (κ1) is 13.2. The molecule has 1 aliphatic rings. The first-order valence-corrected chi connectivity index (χ1v) is 7.55. The predicted octanol–water partition coefficient (Wildman–Crippen LogP) is 2.93. The minimum absolute atomic E-state index is 0.578. The molecule has 108 valence electrons. The van der Waals surface area contributed by atoms with Gasteiger partial charge in [-0.25, -0.2) is 4.98 Å². The molecule has 2 heterocycles. The fourth-order valence-corrected chi connectivity index (χ4v) is 3.19. The van der Waals surface area contributed by atoms with Crippen molar-refractivity contribution in [3.8, 4) is 11.3 Å². The molecular weight excluding hydrogens is 250 g/mol. The summed E-state index contributed by atoms with van der Waals surface area (Å²) in [4.78, 5) is 4.88. The molecule has 0 saturated heterocycles. The molecule has 0 aromatic carbocycles. The Morgan fingerprint density at radius 2 is 2.10 bits per heavy atom. The molecule has 0 spiro atoms. The van der Waals surface area contributed by atoms with E-state index in [0.717, 1.165) is 30.0 Å². The van der Waals surface area contributed by atoms with E-state index >= 15 is 0 Å². The highest BCUT2D eigenvalue weighted by molar-refractivity contribution is 5.70. The molecule has 2 aromatic heterocycles. The molecule has 20 heavy (non-hydrogen) atoms. The maximum absolute atomic E-state index is 6.36. The van der Waals surface area contributed by atoms with Crippen LogP contribution in [0.1, 0.15) is 50.8 Å². The van der Waals surface area contributed by atoms with Gasteiger partial charge in [-0.1, -0.05) is 19.8 Å². The van der Waals surface area contributed by atoms with Crippen molar-refractivity contribution in [1.82, 2.24) is 19.3 Å². The average Bonchev–Trinajstić information content (AvgIpc) is 3.13. The van der Waals surface area contributed by atoms with E-state index in [-0.39, 0.29) is 0 Å². The summed E-state index contributed by atoms with van der Waals surface area (Å²) in [6.07, 6.45) is 10.0. The monoisotopic (exact) mass is 273 g/mol. The van der Waals surface area contributed by atoms with Crippen molar-refractivity contribution in [3.63, 3.8) is 0 Å². The van der Waals surface area contributed by atoms with Gasteiger partial charge in [-0.3, -0.25) is 4.68 Å². The smallest absolute Gasteiger partial charge is 0.131 e. The summed E-state index contributed by atoms with van der Waals surface area (Å²) in [5.41, 5.74) is 8.27. The average molecular weight is 273 g/mol. The van der Waals surface area contributed by atoms with Crippen molar-refractivity contribution in [2.45, 2.75) is 51.5 Å². The van der Waals surface area contributed by atoms with Crippen LogP contribution in [0, 0.1) is 0 Å². The molecule has 3 rings (SSSR count). The molecule has 1 saturated carbocycles. The maximum atomic E-state index is 6.36. The van der Waals surface area contributed by atoms with Gasteiger partial charge in [-0.15, -0.1) is 0 Å². The topological polar surface area (TPSA) is 61.7 Å². The van der Waals surface area contributed by atoms with Crippen LogP contribution in [0.4, 0.5) is 5.82 Å². The number of nitrogen functional groups attached to an aromatic ring is 1. The van der Waals surface area contributed by atoms with Crippen molar-refractivity contribution < 1.29 is 0 Å². The number of anilines is 1. The lowest BCUT2D eigenvalue weighted by atomic mass is 10.1. The van der Waals surface area contributed by atoms with Gasteiger partial charge in [0.05, 0.1) is 6.20 Å². The Morgan fingerprint density at radius 1 is 1.35 bits per heavy atom. The zero-order valence-corrected chi connectivity index (χ0v) is 12.3. The first-order valence-electron chi connectivity index (χ1n) is 7.55. The molecule has 1 fully saturated rings. The minimum atomic E-state index is 0.578. The molecule has 5 heteroatoms. The Bertz CT molecular complexity index is 589. The highest BCUT2D eigenvalue weighted by Gasteiger charge is 2.25. The van der Waals surface area contributed by atoms with Crippen molar-refractivity contribution >= 4 is 5.82 Å². The molecular formula is C15H23N5. The van der Waals surface area contributed by atoms with Crippen LogP contribution < -0.4 is 5.73 Å². The SMILES string of the molecule is CCCn1c(C2CCCC2)nc(-c2cnn(C)c2)c1N. The van der Waals surface area contributed by atoms with E-state index in [1.807, 2.05) is 19.4 Å². The van der Waals surface area contributed by atoms with Crippen LogP contribution in [-0.4, -0.2) is 19.3 Å². The van der Waals surface area contributed by atoms with Crippen LogP contribution >= 0.6 is 0 Å². The molecule has 0 radical (unpaired) electrons. The van der Waals surface area contributed by atoms with Gasteiger partial charge in [-0.05, 0) is 19.3 Å². The largest absolute Gasteiger partial charge is 0.383 e. The summed E-state index contributed by atoms with van der Waals surface area (Å²) in [5.74, 6) is 2.55. The van der Waals surface area contributed by atoms with Gasteiger partial charge >= 0.3 is 0 Å². The molecule has 1 aliphatic carbocycles. The lowest BCUT2D eigenvalue weighted by Crippen LogP contribution is -2.09. The zero-order valence-electron chi connectivity index (χ0n) is 12.3. The van der Waals surface area contributed by atoms with E-state index in [9.17, 15) is 0 Å². The maximum Gasteiger partial charge on any atom is 0.131 e. The van der Waals surface area contributed by atoms with Gasteiger partial charge in [0.2, 0.25) is 0 Å². The first-order chi connectivity index (χ1) is 9.70. The Balaban J connectivity index is 2.04. The van der Waals surface area contributed by atoms with Crippen molar-refractivity contribution in [2.75, 3.05) is 5.73 Å². The van der Waals surface area contributed by atoms with Crippen LogP contribution in [-0.2, 0) is 13.6 Å². The second kappa shape index (κ2) is 5.31. The van der Waals surface area contributed by atoms with Gasteiger partial charge in [0.15, 0.2) is 0 Å². The third-order valence-corrected chi connectivity index (χ3v) is 4.18. The summed E-state index contributed by atoms with van der Waals surface area (Å²) in [5, 5.41) is 4.23. The molecule has 0 atom stereocenters. The minimum Gasteiger partial charge on any atom is -0.383 e. The zero-order chi connectivity index (χ0) is 14.1. The van der Waals surface area contributed by atoms with Crippen LogP contribution in [0.15, 0.2) is 12.4 Å². The number of hydrogen-bond donors (Lipinski definition) is 1.